The van der Waals surface area contributed by atoms with Gasteiger partial charge in [-0.3, -0.25) is 0 Å². The molecular formula is C12H15N5O2. The third-order valence-electron chi connectivity index (χ3n) is 2.53. The van der Waals surface area contributed by atoms with E-state index >= 15 is 0 Å². The number of carbonyl (C=O) groups excluding carboxylic acids is 1. The second-order valence-corrected chi connectivity index (χ2v) is 4.20. The van der Waals surface area contributed by atoms with E-state index in [1.165, 1.54) is 4.90 Å². The summed E-state index contributed by atoms with van der Waals surface area (Å²) in [5.41, 5.74) is 1.03. The predicted octanol–water partition coefficient (Wildman–Crippen LogP) is 0.802. The molecule has 1 amide bonds. The van der Waals surface area contributed by atoms with Crippen LogP contribution < -0.4 is 4.74 Å². The van der Waals surface area contributed by atoms with Crippen molar-refractivity contribution in [3.05, 3.63) is 35.7 Å². The molecule has 0 aliphatic carbocycles. The van der Waals surface area contributed by atoms with Gasteiger partial charge in [0.1, 0.15) is 5.75 Å². The van der Waals surface area contributed by atoms with Crippen LogP contribution in [0.2, 0.25) is 0 Å². The number of aromatic nitrogens is 4. The smallest absolute Gasteiger partial charge is 0.362 e. The lowest BCUT2D eigenvalue weighted by Crippen LogP contribution is -2.29. The average molecular weight is 261 g/mol. The molecule has 19 heavy (non-hydrogen) atoms. The van der Waals surface area contributed by atoms with Crippen molar-refractivity contribution in [2.45, 2.75) is 6.42 Å². The quantitative estimate of drug-likeness (QED) is 0.817. The molecular weight excluding hydrogens is 246 g/mol. The first-order chi connectivity index (χ1) is 9.10. The number of rotatable bonds is 3. The fourth-order valence-corrected chi connectivity index (χ4v) is 1.50. The molecule has 0 radical (unpaired) electrons. The van der Waals surface area contributed by atoms with Gasteiger partial charge < -0.3 is 9.64 Å². The third-order valence-corrected chi connectivity index (χ3v) is 2.53. The Bertz CT molecular complexity index is 562. The first-order valence-electron chi connectivity index (χ1n) is 5.73. The molecule has 0 bridgehead atoms. The Labute approximate surface area is 110 Å². The molecule has 7 heteroatoms. The number of carbonyl (C=O) groups is 1. The van der Waals surface area contributed by atoms with Gasteiger partial charge in [-0.05, 0) is 22.9 Å². The zero-order chi connectivity index (χ0) is 13.8. The van der Waals surface area contributed by atoms with Gasteiger partial charge in [-0.1, -0.05) is 16.9 Å². The topological polar surface area (TPSA) is 73.1 Å². The summed E-state index contributed by atoms with van der Waals surface area (Å²) in [6, 6.07) is 7.25. The van der Waals surface area contributed by atoms with E-state index in [0.29, 0.717) is 12.2 Å². The summed E-state index contributed by atoms with van der Waals surface area (Å²) >= 11 is 0. The zero-order valence-corrected chi connectivity index (χ0v) is 11.1. The highest BCUT2D eigenvalue weighted by Gasteiger charge is 2.12. The number of ether oxygens (including phenoxy) is 1. The molecule has 1 heterocycles. The fraction of sp³-hybridized carbons (Fsp3) is 0.333. The van der Waals surface area contributed by atoms with Gasteiger partial charge in [-0.15, -0.1) is 10.2 Å². The zero-order valence-electron chi connectivity index (χ0n) is 11.1. The number of benzene rings is 1. The minimum absolute atomic E-state index is 0.325. The molecule has 0 saturated carbocycles. The van der Waals surface area contributed by atoms with E-state index in [2.05, 4.69) is 15.4 Å². The second-order valence-electron chi connectivity index (χ2n) is 4.20. The van der Waals surface area contributed by atoms with Crippen LogP contribution in [-0.2, 0) is 6.42 Å². The maximum absolute atomic E-state index is 11.6. The highest BCUT2D eigenvalue weighted by molar-refractivity contribution is 5.73. The maximum Gasteiger partial charge on any atom is 0.362 e. The van der Waals surface area contributed by atoms with Crippen LogP contribution in [0, 0.1) is 0 Å². The summed E-state index contributed by atoms with van der Waals surface area (Å²) in [4.78, 5) is 14.0. The molecule has 7 nitrogen and oxygen atoms in total. The first kappa shape index (κ1) is 13.0. The fourth-order valence-electron chi connectivity index (χ4n) is 1.50. The van der Waals surface area contributed by atoms with E-state index < -0.39 is 0 Å². The number of tetrazole rings is 1. The van der Waals surface area contributed by atoms with Gasteiger partial charge in [-0.25, -0.2) is 4.79 Å². The lowest BCUT2D eigenvalue weighted by molar-refractivity contribution is 0.211. The summed E-state index contributed by atoms with van der Waals surface area (Å²) in [5, 5.41) is 11.6. The number of amides is 1. The van der Waals surface area contributed by atoms with Crippen molar-refractivity contribution in [3.63, 3.8) is 0 Å². The number of hydrogen-bond donors (Lipinski definition) is 0. The van der Waals surface area contributed by atoms with Gasteiger partial charge in [0.25, 0.3) is 0 Å². The molecule has 0 spiro atoms. The van der Waals surface area contributed by atoms with Crippen molar-refractivity contribution < 1.29 is 9.53 Å². The van der Waals surface area contributed by atoms with E-state index in [9.17, 15) is 4.79 Å². The van der Waals surface area contributed by atoms with Crippen LogP contribution in [0.1, 0.15) is 11.4 Å². The minimum Gasteiger partial charge on any atom is -0.497 e. The lowest BCUT2D eigenvalue weighted by atomic mass is 10.1. The molecule has 0 unspecified atom stereocenters. The number of hydrogen-bond acceptors (Lipinski definition) is 5. The largest absolute Gasteiger partial charge is 0.497 e. The van der Waals surface area contributed by atoms with Crippen molar-refractivity contribution in [2.75, 3.05) is 21.2 Å². The maximum atomic E-state index is 11.6. The summed E-state index contributed by atoms with van der Waals surface area (Å²) in [5.74, 6) is 1.29. The molecule has 100 valence electrons. The monoisotopic (exact) mass is 261 g/mol. The van der Waals surface area contributed by atoms with Crippen LogP contribution in [0.4, 0.5) is 4.79 Å². The molecule has 0 atom stereocenters. The van der Waals surface area contributed by atoms with E-state index in [1.54, 1.807) is 21.2 Å². The van der Waals surface area contributed by atoms with Gasteiger partial charge in [0, 0.05) is 20.5 Å². The molecule has 2 rings (SSSR count). The van der Waals surface area contributed by atoms with Crippen molar-refractivity contribution in [3.8, 4) is 5.75 Å². The first-order valence-corrected chi connectivity index (χ1v) is 5.73. The van der Waals surface area contributed by atoms with Crippen LogP contribution in [0.3, 0.4) is 0 Å². The SMILES string of the molecule is COc1ccc(Cc2nnn(C(=O)N(C)C)n2)cc1. The number of nitrogens with zero attached hydrogens (tertiary/aromatic N) is 5. The predicted molar refractivity (Wildman–Crippen MR) is 68.1 cm³/mol. The van der Waals surface area contributed by atoms with Crippen molar-refractivity contribution in [1.29, 1.82) is 0 Å². The van der Waals surface area contributed by atoms with Crippen LogP contribution >= 0.6 is 0 Å². The molecule has 0 aliphatic heterocycles. The summed E-state index contributed by atoms with van der Waals surface area (Å²) in [6.45, 7) is 0. The van der Waals surface area contributed by atoms with Crippen molar-refractivity contribution >= 4 is 6.03 Å². The Balaban J connectivity index is 2.09. The van der Waals surface area contributed by atoms with Crippen molar-refractivity contribution in [2.24, 2.45) is 0 Å². The lowest BCUT2D eigenvalue weighted by Gasteiger charge is -2.06. The average Bonchev–Trinajstić information content (AvgIpc) is 2.87. The summed E-state index contributed by atoms with van der Waals surface area (Å²) in [6.07, 6.45) is 0.519. The van der Waals surface area contributed by atoms with E-state index in [-0.39, 0.29) is 6.03 Å². The Morgan fingerprint density at radius 3 is 2.58 bits per heavy atom. The second kappa shape index (κ2) is 5.47. The molecule has 2 aromatic rings. The van der Waals surface area contributed by atoms with E-state index in [0.717, 1.165) is 16.1 Å². The van der Waals surface area contributed by atoms with Crippen LogP contribution in [-0.4, -0.2) is 52.3 Å². The summed E-state index contributed by atoms with van der Waals surface area (Å²) in [7, 11) is 4.89. The van der Waals surface area contributed by atoms with Gasteiger partial charge in [0.15, 0.2) is 5.82 Å². The van der Waals surface area contributed by atoms with Crippen LogP contribution in [0.15, 0.2) is 24.3 Å². The molecule has 1 aromatic carbocycles. The van der Waals surface area contributed by atoms with Gasteiger partial charge in [0.2, 0.25) is 0 Å². The van der Waals surface area contributed by atoms with Gasteiger partial charge >= 0.3 is 6.03 Å². The third kappa shape index (κ3) is 3.06. The normalized spacial score (nSPS) is 10.3. The summed E-state index contributed by atoms with van der Waals surface area (Å²) < 4.78 is 5.08. The molecule has 0 aliphatic rings. The Morgan fingerprint density at radius 1 is 1.32 bits per heavy atom. The Kier molecular flexibility index (Phi) is 3.74. The van der Waals surface area contributed by atoms with Gasteiger partial charge in [-0.2, -0.15) is 0 Å². The van der Waals surface area contributed by atoms with E-state index in [1.807, 2.05) is 24.3 Å². The number of methoxy groups -OCH3 is 1. The highest BCUT2D eigenvalue weighted by atomic mass is 16.5. The van der Waals surface area contributed by atoms with Crippen LogP contribution in [0.25, 0.3) is 0 Å². The Hall–Kier alpha value is -2.44. The standard InChI is InChI=1S/C12H15N5O2/c1-16(2)12(18)17-14-11(13-15-17)8-9-4-6-10(19-3)7-5-9/h4-7H,8H2,1-3H3. The minimum atomic E-state index is -0.325. The molecule has 0 N–H and O–H groups in total. The van der Waals surface area contributed by atoms with E-state index in [4.69, 9.17) is 4.74 Å². The van der Waals surface area contributed by atoms with Gasteiger partial charge in [0.05, 0.1) is 7.11 Å². The highest BCUT2D eigenvalue weighted by Crippen LogP contribution is 2.12. The Morgan fingerprint density at radius 2 is 2.00 bits per heavy atom. The van der Waals surface area contributed by atoms with Crippen molar-refractivity contribution in [1.82, 2.24) is 25.1 Å². The molecule has 0 saturated heterocycles. The van der Waals surface area contributed by atoms with Crippen LogP contribution in [0.5, 0.6) is 5.75 Å². The molecule has 0 fully saturated rings. The molecule has 1 aromatic heterocycles.